The van der Waals surface area contributed by atoms with E-state index in [1.165, 1.54) is 109 Å². The van der Waals surface area contributed by atoms with E-state index < -0.39 is 6.04 Å². The van der Waals surface area contributed by atoms with Crippen LogP contribution in [0.3, 0.4) is 0 Å². The van der Waals surface area contributed by atoms with Gasteiger partial charge in [-0.1, -0.05) is 142 Å². The van der Waals surface area contributed by atoms with Crippen molar-refractivity contribution >= 4 is 23.6 Å². The monoisotopic (exact) mass is 913 g/mol. The summed E-state index contributed by atoms with van der Waals surface area (Å²) in [4.78, 5) is 50.4. The topological polar surface area (TPSA) is 163 Å². The third-order valence-electron chi connectivity index (χ3n) is 11.3. The number of amides is 4. The summed E-state index contributed by atoms with van der Waals surface area (Å²) in [5.74, 6) is -0.168. The number of ether oxygens (including phenoxy) is 5. The smallest absolute Gasteiger partial charge is 0.242 e. The van der Waals surface area contributed by atoms with Crippen LogP contribution in [0.5, 0.6) is 0 Å². The maximum Gasteiger partial charge on any atom is 0.242 e. The van der Waals surface area contributed by atoms with Crippen molar-refractivity contribution < 1.29 is 42.9 Å². The molecule has 0 aromatic heterocycles. The van der Waals surface area contributed by atoms with Gasteiger partial charge in [-0.05, 0) is 51.9 Å². The molecule has 0 aliphatic carbocycles. The predicted molar refractivity (Wildman–Crippen MR) is 261 cm³/mol. The van der Waals surface area contributed by atoms with E-state index in [1.807, 2.05) is 6.92 Å². The highest BCUT2D eigenvalue weighted by atomic mass is 16.5. The van der Waals surface area contributed by atoms with Crippen LogP contribution in [0, 0.1) is 0 Å². The Labute approximate surface area is 391 Å². The molecule has 0 aromatic carbocycles. The summed E-state index contributed by atoms with van der Waals surface area (Å²) in [5.41, 5.74) is 0. The lowest BCUT2D eigenvalue weighted by Gasteiger charge is -2.19. The average molecular weight is 913 g/mol. The first kappa shape index (κ1) is 61.7. The SMILES string of the molecule is CCCCCCCCCCCCCC(=O)NCCCC[C@@H](NC(=O)CCCCCCCCCCCCC)C(=O)NCCCOCCOCCOCCCNC(=O)CCOCCOCC. The van der Waals surface area contributed by atoms with Gasteiger partial charge in [0, 0.05) is 58.7 Å². The molecule has 0 rings (SSSR count). The zero-order valence-electron chi connectivity index (χ0n) is 41.7. The molecule has 13 nitrogen and oxygen atoms in total. The minimum absolute atomic E-state index is 0.0330. The van der Waals surface area contributed by atoms with E-state index in [2.05, 4.69) is 35.1 Å². The lowest BCUT2D eigenvalue weighted by atomic mass is 10.0. The van der Waals surface area contributed by atoms with E-state index in [0.29, 0.717) is 118 Å². The third-order valence-corrected chi connectivity index (χ3v) is 11.3. The highest BCUT2D eigenvalue weighted by Crippen LogP contribution is 2.14. The molecular weight excluding hydrogens is 813 g/mol. The second-order valence-electron chi connectivity index (χ2n) is 17.3. The van der Waals surface area contributed by atoms with Crippen LogP contribution in [0.25, 0.3) is 0 Å². The normalized spacial score (nSPS) is 11.7. The molecule has 0 radical (unpaired) electrons. The zero-order valence-corrected chi connectivity index (χ0v) is 41.7. The van der Waals surface area contributed by atoms with Gasteiger partial charge in [-0.15, -0.1) is 0 Å². The van der Waals surface area contributed by atoms with Gasteiger partial charge in [-0.25, -0.2) is 0 Å². The Morgan fingerprint density at radius 2 is 0.719 bits per heavy atom. The highest BCUT2D eigenvalue weighted by Gasteiger charge is 2.20. The van der Waals surface area contributed by atoms with Crippen molar-refractivity contribution in [2.24, 2.45) is 0 Å². The molecule has 0 unspecified atom stereocenters. The molecule has 0 aliphatic rings. The van der Waals surface area contributed by atoms with Gasteiger partial charge in [-0.3, -0.25) is 19.2 Å². The van der Waals surface area contributed by atoms with Crippen molar-refractivity contribution in [1.29, 1.82) is 0 Å². The minimum Gasteiger partial charge on any atom is -0.379 e. The molecule has 0 aromatic rings. The van der Waals surface area contributed by atoms with Gasteiger partial charge >= 0.3 is 0 Å². The standard InChI is InChI=1S/C51H100N4O9/c1-4-7-9-11-13-15-17-19-21-23-25-32-48(56)52-35-28-27-31-47(55-50(58)33-26-24-22-20-18-16-14-12-10-8-5-2)51(59)54-37-30-39-62-44-46-64-45-43-61-38-29-36-53-49(57)34-40-63-42-41-60-6-3/h47H,4-46H2,1-3H3,(H,52,56)(H,53,57)(H,54,59)(H,55,58)/t47-/m1/s1. The molecule has 64 heavy (non-hydrogen) atoms. The molecule has 4 amide bonds. The van der Waals surface area contributed by atoms with E-state index in [0.717, 1.165) is 51.4 Å². The molecule has 0 aliphatic heterocycles. The summed E-state index contributed by atoms with van der Waals surface area (Å²) in [6, 6.07) is -0.594. The van der Waals surface area contributed by atoms with Crippen LogP contribution in [0.4, 0.5) is 0 Å². The Balaban J connectivity index is 4.23. The summed E-state index contributed by atoms with van der Waals surface area (Å²) < 4.78 is 27.4. The zero-order chi connectivity index (χ0) is 46.7. The average Bonchev–Trinajstić information content (AvgIpc) is 3.29. The first-order chi connectivity index (χ1) is 31.4. The number of rotatable bonds is 52. The van der Waals surface area contributed by atoms with Gasteiger partial charge in [0.25, 0.3) is 0 Å². The lowest BCUT2D eigenvalue weighted by molar-refractivity contribution is -0.129. The number of hydrogen-bond acceptors (Lipinski definition) is 9. The summed E-state index contributed by atoms with van der Waals surface area (Å²) in [5, 5.41) is 11.9. The lowest BCUT2D eigenvalue weighted by Crippen LogP contribution is -2.47. The van der Waals surface area contributed by atoms with Crippen molar-refractivity contribution in [2.45, 2.75) is 219 Å². The van der Waals surface area contributed by atoms with Crippen molar-refractivity contribution in [3.8, 4) is 0 Å². The Morgan fingerprint density at radius 1 is 0.344 bits per heavy atom. The number of hydrogen-bond donors (Lipinski definition) is 4. The second kappa shape index (κ2) is 51.7. The largest absolute Gasteiger partial charge is 0.379 e. The summed E-state index contributed by atoms with van der Waals surface area (Å²) in [6.07, 6.45) is 32.1. The molecule has 13 heteroatoms. The number of carbonyl (C=O) groups is 4. The Bertz CT molecular complexity index is 1040. The summed E-state index contributed by atoms with van der Waals surface area (Å²) in [6.45, 7) is 13.0. The molecule has 4 N–H and O–H groups in total. The van der Waals surface area contributed by atoms with Crippen molar-refractivity contribution in [2.75, 3.05) is 85.7 Å². The van der Waals surface area contributed by atoms with E-state index in [-0.39, 0.29) is 23.6 Å². The first-order valence-corrected chi connectivity index (χ1v) is 26.4. The molecule has 0 bridgehead atoms. The van der Waals surface area contributed by atoms with Gasteiger partial charge < -0.3 is 45.0 Å². The van der Waals surface area contributed by atoms with Crippen molar-refractivity contribution in [1.82, 2.24) is 21.3 Å². The number of carbonyl (C=O) groups excluding carboxylic acids is 4. The molecule has 0 saturated heterocycles. The quantitative estimate of drug-likeness (QED) is 0.0436. The fourth-order valence-corrected chi connectivity index (χ4v) is 7.29. The van der Waals surface area contributed by atoms with E-state index in [9.17, 15) is 19.2 Å². The van der Waals surface area contributed by atoms with Gasteiger partial charge in [0.15, 0.2) is 0 Å². The van der Waals surface area contributed by atoms with Crippen LogP contribution < -0.4 is 21.3 Å². The van der Waals surface area contributed by atoms with Crippen LogP contribution in [-0.4, -0.2) is 115 Å². The van der Waals surface area contributed by atoms with Crippen LogP contribution in [-0.2, 0) is 42.9 Å². The first-order valence-electron chi connectivity index (χ1n) is 26.4. The molecule has 0 fully saturated rings. The van der Waals surface area contributed by atoms with Crippen LogP contribution in [0.15, 0.2) is 0 Å². The van der Waals surface area contributed by atoms with Crippen LogP contribution >= 0.6 is 0 Å². The molecule has 0 spiro atoms. The molecular formula is C51H100N4O9. The molecule has 378 valence electrons. The van der Waals surface area contributed by atoms with E-state index >= 15 is 0 Å². The van der Waals surface area contributed by atoms with Crippen molar-refractivity contribution in [3.05, 3.63) is 0 Å². The van der Waals surface area contributed by atoms with Crippen LogP contribution in [0.1, 0.15) is 213 Å². The second-order valence-corrected chi connectivity index (χ2v) is 17.3. The predicted octanol–water partition coefficient (Wildman–Crippen LogP) is 9.67. The van der Waals surface area contributed by atoms with Gasteiger partial charge in [0.1, 0.15) is 6.04 Å². The van der Waals surface area contributed by atoms with Gasteiger partial charge in [0.2, 0.25) is 23.6 Å². The summed E-state index contributed by atoms with van der Waals surface area (Å²) >= 11 is 0. The fourth-order valence-electron chi connectivity index (χ4n) is 7.29. The van der Waals surface area contributed by atoms with Crippen LogP contribution in [0.2, 0.25) is 0 Å². The van der Waals surface area contributed by atoms with E-state index in [4.69, 9.17) is 23.7 Å². The van der Waals surface area contributed by atoms with Crippen molar-refractivity contribution in [3.63, 3.8) is 0 Å². The Kier molecular flexibility index (Phi) is 49.8. The van der Waals surface area contributed by atoms with Gasteiger partial charge in [0.05, 0.1) is 46.2 Å². The molecule has 1 atom stereocenters. The maximum atomic E-state index is 13.2. The molecule has 0 saturated carbocycles. The maximum absolute atomic E-state index is 13.2. The highest BCUT2D eigenvalue weighted by molar-refractivity contribution is 5.87. The minimum atomic E-state index is -0.594. The van der Waals surface area contributed by atoms with E-state index in [1.54, 1.807) is 0 Å². The van der Waals surface area contributed by atoms with Gasteiger partial charge in [-0.2, -0.15) is 0 Å². The molecule has 0 heterocycles. The third kappa shape index (κ3) is 47.6. The fraction of sp³-hybridized carbons (Fsp3) is 0.922. The number of unbranched alkanes of at least 4 members (excludes halogenated alkanes) is 21. The Morgan fingerprint density at radius 3 is 1.20 bits per heavy atom. The summed E-state index contributed by atoms with van der Waals surface area (Å²) in [7, 11) is 0. The Hall–Kier alpha value is -2.32. The number of nitrogens with one attached hydrogen (secondary N) is 4.